The van der Waals surface area contributed by atoms with Crippen molar-refractivity contribution in [1.29, 1.82) is 0 Å². The fourth-order valence-electron chi connectivity index (χ4n) is 0.478. The molecule has 2 atom stereocenters. The lowest BCUT2D eigenvalue weighted by Crippen LogP contribution is -2.45. The van der Waals surface area contributed by atoms with Crippen molar-refractivity contribution in [3.63, 3.8) is 0 Å². The van der Waals surface area contributed by atoms with Gasteiger partial charge in [0.25, 0.3) is 0 Å². The first-order valence-electron chi connectivity index (χ1n) is 3.31. The Bertz CT molecular complexity index is 182. The van der Waals surface area contributed by atoms with Crippen LogP contribution in [0.5, 0.6) is 0 Å². The molecule has 0 radical (unpaired) electrons. The lowest BCUT2D eigenvalue weighted by molar-refractivity contribution is -0.142. The molecule has 0 aromatic heterocycles. The van der Waals surface area contributed by atoms with E-state index in [1.165, 1.54) is 6.92 Å². The van der Waals surface area contributed by atoms with Crippen LogP contribution in [0.1, 0.15) is 6.92 Å². The molecule has 6 heteroatoms. The van der Waals surface area contributed by atoms with Gasteiger partial charge in [-0.2, -0.15) is 12.6 Å². The maximum absolute atomic E-state index is 10.9. The minimum absolute atomic E-state index is 0.514. The standard InChI is InChI=1S/C6H11NO4S/c1-3(12)5(9)7-4(2-8)6(10)11/h3-4,8,12H,2H2,1H3,(H,7,9)(H,10,11)/t3?,4-/m0/s1. The van der Waals surface area contributed by atoms with Crippen LogP contribution in [-0.2, 0) is 9.59 Å². The van der Waals surface area contributed by atoms with E-state index in [1.54, 1.807) is 0 Å². The Morgan fingerprint density at radius 1 is 1.58 bits per heavy atom. The van der Waals surface area contributed by atoms with E-state index in [9.17, 15) is 9.59 Å². The normalized spacial score (nSPS) is 14.9. The molecule has 0 fully saturated rings. The fraction of sp³-hybridized carbons (Fsp3) is 0.667. The highest BCUT2D eigenvalue weighted by Crippen LogP contribution is 1.93. The van der Waals surface area contributed by atoms with Crippen LogP contribution in [0.15, 0.2) is 0 Å². The topological polar surface area (TPSA) is 86.6 Å². The summed E-state index contributed by atoms with van der Waals surface area (Å²) in [5.41, 5.74) is 0. The molecule has 0 heterocycles. The molecular formula is C6H11NO4S. The highest BCUT2D eigenvalue weighted by atomic mass is 32.1. The highest BCUT2D eigenvalue weighted by Gasteiger charge is 2.20. The van der Waals surface area contributed by atoms with Gasteiger partial charge in [-0.15, -0.1) is 0 Å². The van der Waals surface area contributed by atoms with Crippen molar-refractivity contribution in [2.24, 2.45) is 0 Å². The molecule has 12 heavy (non-hydrogen) atoms. The van der Waals surface area contributed by atoms with Gasteiger partial charge in [0.05, 0.1) is 11.9 Å². The van der Waals surface area contributed by atoms with Crippen molar-refractivity contribution < 1.29 is 19.8 Å². The van der Waals surface area contributed by atoms with Crippen LogP contribution in [0.4, 0.5) is 0 Å². The monoisotopic (exact) mass is 193 g/mol. The molecule has 1 unspecified atom stereocenters. The molecule has 0 spiro atoms. The van der Waals surface area contributed by atoms with E-state index in [0.717, 1.165) is 0 Å². The minimum Gasteiger partial charge on any atom is -0.480 e. The van der Waals surface area contributed by atoms with Gasteiger partial charge in [-0.3, -0.25) is 4.79 Å². The molecule has 0 aromatic rings. The lowest BCUT2D eigenvalue weighted by atomic mass is 10.3. The number of aliphatic hydroxyl groups excluding tert-OH is 1. The maximum Gasteiger partial charge on any atom is 0.328 e. The Labute approximate surface area is 75.2 Å². The molecule has 1 amide bonds. The smallest absolute Gasteiger partial charge is 0.328 e. The maximum atomic E-state index is 10.9. The highest BCUT2D eigenvalue weighted by molar-refractivity contribution is 7.81. The Balaban J connectivity index is 4.03. The largest absolute Gasteiger partial charge is 0.480 e. The number of thiol groups is 1. The summed E-state index contributed by atoms with van der Waals surface area (Å²) in [6.07, 6.45) is 0. The molecule has 0 aliphatic rings. The molecule has 0 aliphatic carbocycles. The van der Waals surface area contributed by atoms with E-state index < -0.39 is 29.8 Å². The minimum atomic E-state index is -1.26. The first kappa shape index (κ1) is 11.2. The third kappa shape index (κ3) is 3.59. The van der Waals surface area contributed by atoms with E-state index in [-0.39, 0.29) is 0 Å². The van der Waals surface area contributed by atoms with Crippen molar-refractivity contribution in [1.82, 2.24) is 5.32 Å². The van der Waals surface area contributed by atoms with E-state index in [1.807, 2.05) is 0 Å². The Morgan fingerprint density at radius 2 is 2.08 bits per heavy atom. The van der Waals surface area contributed by atoms with Gasteiger partial charge in [0.2, 0.25) is 5.91 Å². The average Bonchev–Trinajstić information content (AvgIpc) is 1.98. The quantitative estimate of drug-likeness (QED) is 0.425. The Morgan fingerprint density at radius 3 is 2.33 bits per heavy atom. The van der Waals surface area contributed by atoms with E-state index in [0.29, 0.717) is 0 Å². The summed E-state index contributed by atoms with van der Waals surface area (Å²) >= 11 is 3.79. The second kappa shape index (κ2) is 5.00. The summed E-state index contributed by atoms with van der Waals surface area (Å²) in [6, 6.07) is -1.24. The number of aliphatic carboxylic acids is 1. The summed E-state index contributed by atoms with van der Waals surface area (Å²) in [5.74, 6) is -1.78. The molecular weight excluding hydrogens is 182 g/mol. The van der Waals surface area contributed by atoms with E-state index in [4.69, 9.17) is 10.2 Å². The molecule has 0 saturated carbocycles. The van der Waals surface area contributed by atoms with E-state index in [2.05, 4.69) is 17.9 Å². The Kier molecular flexibility index (Phi) is 4.68. The summed E-state index contributed by atoms with van der Waals surface area (Å²) in [6.45, 7) is 0.885. The van der Waals surface area contributed by atoms with Gasteiger partial charge in [0.15, 0.2) is 0 Å². The third-order valence-corrected chi connectivity index (χ3v) is 1.41. The number of hydrogen-bond acceptors (Lipinski definition) is 4. The van der Waals surface area contributed by atoms with Gasteiger partial charge < -0.3 is 15.5 Å². The predicted molar refractivity (Wildman–Crippen MR) is 45.1 cm³/mol. The predicted octanol–water partition coefficient (Wildman–Crippen LogP) is -1.13. The van der Waals surface area contributed by atoms with Crippen molar-refractivity contribution >= 4 is 24.5 Å². The van der Waals surface area contributed by atoms with Crippen LogP contribution in [0.25, 0.3) is 0 Å². The fourth-order valence-corrected chi connectivity index (χ4v) is 0.552. The Hall–Kier alpha value is -0.750. The van der Waals surface area contributed by atoms with Crippen molar-refractivity contribution in [2.45, 2.75) is 18.2 Å². The van der Waals surface area contributed by atoms with Gasteiger partial charge in [-0.25, -0.2) is 4.79 Å². The van der Waals surface area contributed by atoms with Gasteiger partial charge in [0, 0.05) is 0 Å². The summed E-state index contributed by atoms with van der Waals surface area (Å²) in [7, 11) is 0. The first-order chi connectivity index (χ1) is 5.49. The molecule has 0 rings (SSSR count). The zero-order valence-electron chi connectivity index (χ0n) is 6.52. The van der Waals surface area contributed by atoms with E-state index >= 15 is 0 Å². The number of carboxylic acids is 1. The van der Waals surface area contributed by atoms with Crippen LogP contribution in [0.2, 0.25) is 0 Å². The summed E-state index contributed by atoms with van der Waals surface area (Å²) < 4.78 is 0. The van der Waals surface area contributed by atoms with Crippen LogP contribution in [0.3, 0.4) is 0 Å². The lowest BCUT2D eigenvalue weighted by Gasteiger charge is -2.12. The van der Waals surface area contributed by atoms with Crippen LogP contribution in [-0.4, -0.2) is 40.0 Å². The number of hydrogen-bond donors (Lipinski definition) is 4. The zero-order chi connectivity index (χ0) is 9.72. The molecule has 0 aromatic carbocycles. The number of nitrogens with one attached hydrogen (secondary N) is 1. The molecule has 0 saturated heterocycles. The summed E-state index contributed by atoms with van der Waals surface area (Å²) in [4.78, 5) is 21.1. The SMILES string of the molecule is CC(S)C(=O)N[C@@H](CO)C(=O)O. The van der Waals surface area contributed by atoms with Crippen molar-refractivity contribution in [2.75, 3.05) is 6.61 Å². The molecule has 3 N–H and O–H groups in total. The zero-order valence-corrected chi connectivity index (χ0v) is 7.41. The second-order valence-electron chi connectivity index (χ2n) is 2.26. The number of carbonyl (C=O) groups excluding carboxylic acids is 1. The summed E-state index contributed by atoms with van der Waals surface area (Å²) in [5, 5.41) is 18.4. The number of rotatable bonds is 4. The van der Waals surface area contributed by atoms with Gasteiger partial charge in [0.1, 0.15) is 6.04 Å². The second-order valence-corrected chi connectivity index (χ2v) is 3.03. The molecule has 5 nitrogen and oxygen atoms in total. The molecule has 0 bridgehead atoms. The third-order valence-electron chi connectivity index (χ3n) is 1.18. The van der Waals surface area contributed by atoms with Gasteiger partial charge in [-0.05, 0) is 6.92 Å². The van der Waals surface area contributed by atoms with Crippen LogP contribution in [0, 0.1) is 0 Å². The molecule has 70 valence electrons. The first-order valence-corrected chi connectivity index (χ1v) is 3.82. The van der Waals surface area contributed by atoms with Crippen LogP contribution < -0.4 is 5.32 Å². The number of amides is 1. The number of carboxylic acid groups (broad SMARTS) is 1. The van der Waals surface area contributed by atoms with Gasteiger partial charge >= 0.3 is 5.97 Å². The number of aliphatic hydroxyl groups is 1. The number of carbonyl (C=O) groups is 2. The van der Waals surface area contributed by atoms with Crippen LogP contribution >= 0.6 is 12.6 Å². The average molecular weight is 193 g/mol. The van der Waals surface area contributed by atoms with Crippen molar-refractivity contribution in [3.8, 4) is 0 Å². The molecule has 0 aliphatic heterocycles. The van der Waals surface area contributed by atoms with Gasteiger partial charge in [-0.1, -0.05) is 0 Å². The van der Waals surface area contributed by atoms with Crippen molar-refractivity contribution in [3.05, 3.63) is 0 Å².